The molecule has 7 heteroatoms. The Bertz CT molecular complexity index is 995. The van der Waals surface area contributed by atoms with Crippen LogP contribution in [0.15, 0.2) is 71.9 Å². The zero-order valence-electron chi connectivity index (χ0n) is 14.3. The average Bonchev–Trinajstić information content (AvgIpc) is 3.03. The van der Waals surface area contributed by atoms with Gasteiger partial charge in [0.15, 0.2) is 6.29 Å². The SMILES string of the molecule is NC1N=CC=C(c2cn(Cc3ccccc3)nc2F)N1c1ccc(Cl)cc1. The van der Waals surface area contributed by atoms with Crippen LogP contribution in [0, 0.1) is 5.95 Å². The van der Waals surface area contributed by atoms with Gasteiger partial charge in [-0.1, -0.05) is 41.9 Å². The van der Waals surface area contributed by atoms with Crippen LogP contribution >= 0.6 is 11.6 Å². The summed E-state index contributed by atoms with van der Waals surface area (Å²) in [4.78, 5) is 5.96. The molecule has 4 rings (SSSR count). The quantitative estimate of drug-likeness (QED) is 0.745. The lowest BCUT2D eigenvalue weighted by Gasteiger charge is -2.32. The van der Waals surface area contributed by atoms with Crippen molar-refractivity contribution in [3.63, 3.8) is 0 Å². The number of nitrogens with two attached hydrogens (primary N) is 1. The normalized spacial score (nSPS) is 16.5. The Morgan fingerprint density at radius 2 is 1.81 bits per heavy atom. The second kappa shape index (κ2) is 7.34. The van der Waals surface area contributed by atoms with E-state index in [2.05, 4.69) is 10.1 Å². The van der Waals surface area contributed by atoms with Crippen LogP contribution in [0.5, 0.6) is 0 Å². The van der Waals surface area contributed by atoms with Gasteiger partial charge in [0.2, 0.25) is 5.95 Å². The van der Waals surface area contributed by atoms with Gasteiger partial charge in [-0.25, -0.2) is 0 Å². The van der Waals surface area contributed by atoms with Gasteiger partial charge in [-0.05, 0) is 35.9 Å². The lowest BCUT2D eigenvalue weighted by atomic mass is 10.1. The number of hydrogen-bond acceptors (Lipinski definition) is 4. The second-order valence-corrected chi connectivity index (χ2v) is 6.56. The first-order valence-electron chi connectivity index (χ1n) is 8.43. The van der Waals surface area contributed by atoms with Gasteiger partial charge >= 0.3 is 0 Å². The summed E-state index contributed by atoms with van der Waals surface area (Å²) in [5.41, 5.74) is 8.93. The van der Waals surface area contributed by atoms with Crippen LogP contribution in [0.4, 0.5) is 10.1 Å². The number of allylic oxidation sites excluding steroid dienone is 1. The summed E-state index contributed by atoms with van der Waals surface area (Å²) >= 11 is 5.98. The Hall–Kier alpha value is -2.96. The molecule has 0 saturated carbocycles. The highest BCUT2D eigenvalue weighted by molar-refractivity contribution is 6.30. The minimum Gasteiger partial charge on any atom is -0.306 e. The molecule has 2 aromatic carbocycles. The van der Waals surface area contributed by atoms with Crippen molar-refractivity contribution >= 4 is 29.2 Å². The molecule has 1 aliphatic rings. The molecule has 5 nitrogen and oxygen atoms in total. The summed E-state index contributed by atoms with van der Waals surface area (Å²) in [6, 6.07) is 16.9. The van der Waals surface area contributed by atoms with Crippen LogP contribution in [0.2, 0.25) is 5.02 Å². The largest absolute Gasteiger partial charge is 0.306 e. The number of hydrogen-bond donors (Lipinski definition) is 1. The first-order valence-corrected chi connectivity index (χ1v) is 8.81. The molecule has 136 valence electrons. The number of halogens is 2. The summed E-state index contributed by atoms with van der Waals surface area (Å²) in [6.07, 6.45) is 4.33. The molecule has 0 bridgehead atoms. The number of aliphatic imine (C=N–C) groups is 1. The molecule has 0 saturated heterocycles. The van der Waals surface area contributed by atoms with Gasteiger partial charge in [-0.2, -0.15) is 4.39 Å². The predicted octanol–water partition coefficient (Wildman–Crippen LogP) is 3.90. The van der Waals surface area contributed by atoms with Gasteiger partial charge in [0.25, 0.3) is 0 Å². The molecule has 0 spiro atoms. The van der Waals surface area contributed by atoms with E-state index in [0.717, 1.165) is 11.3 Å². The van der Waals surface area contributed by atoms with E-state index in [0.29, 0.717) is 22.8 Å². The molecule has 1 aromatic heterocycles. The smallest absolute Gasteiger partial charge is 0.241 e. The van der Waals surface area contributed by atoms with E-state index in [-0.39, 0.29) is 0 Å². The minimum atomic E-state index is -0.664. The van der Waals surface area contributed by atoms with Crippen molar-refractivity contribution in [2.45, 2.75) is 12.8 Å². The van der Waals surface area contributed by atoms with Gasteiger partial charge < -0.3 is 4.90 Å². The molecule has 2 heterocycles. The van der Waals surface area contributed by atoms with Gasteiger partial charge in [0.1, 0.15) is 0 Å². The number of aromatic nitrogens is 2. The van der Waals surface area contributed by atoms with E-state index in [9.17, 15) is 4.39 Å². The highest BCUT2D eigenvalue weighted by Crippen LogP contribution is 2.31. The number of anilines is 1. The monoisotopic (exact) mass is 381 g/mol. The van der Waals surface area contributed by atoms with E-state index >= 15 is 0 Å². The molecule has 2 N–H and O–H groups in total. The summed E-state index contributed by atoms with van der Waals surface area (Å²) in [5, 5.41) is 4.64. The highest BCUT2D eigenvalue weighted by atomic mass is 35.5. The van der Waals surface area contributed by atoms with Crippen LogP contribution in [-0.2, 0) is 6.54 Å². The Balaban J connectivity index is 1.69. The van der Waals surface area contributed by atoms with Gasteiger partial charge in [0.05, 0.1) is 17.8 Å². The fourth-order valence-corrected chi connectivity index (χ4v) is 3.15. The van der Waals surface area contributed by atoms with Crippen molar-refractivity contribution in [1.82, 2.24) is 9.78 Å². The summed E-state index contributed by atoms with van der Waals surface area (Å²) in [6.45, 7) is 0.478. The molecule has 3 aromatic rings. The van der Waals surface area contributed by atoms with Gasteiger partial charge in [0, 0.05) is 23.1 Å². The van der Waals surface area contributed by atoms with Gasteiger partial charge in [-0.15, -0.1) is 5.10 Å². The Morgan fingerprint density at radius 3 is 2.56 bits per heavy atom. The number of rotatable bonds is 4. The zero-order valence-corrected chi connectivity index (χ0v) is 15.1. The van der Waals surface area contributed by atoms with Crippen LogP contribution in [0.3, 0.4) is 0 Å². The molecule has 0 aliphatic carbocycles. The van der Waals surface area contributed by atoms with Crippen LogP contribution in [0.25, 0.3) is 5.70 Å². The fourth-order valence-electron chi connectivity index (χ4n) is 3.03. The first kappa shape index (κ1) is 17.5. The summed E-state index contributed by atoms with van der Waals surface area (Å²) in [7, 11) is 0. The molecular weight excluding hydrogens is 365 g/mol. The standard InChI is InChI=1S/C20H17ClFN5/c21-15-6-8-16(9-7-15)27-18(10-11-24-20(27)23)17-13-26(25-19(17)22)12-14-4-2-1-3-5-14/h1-11,13,20H,12,23H2. The van der Waals surface area contributed by atoms with Crippen molar-refractivity contribution in [3.8, 4) is 0 Å². The maximum Gasteiger partial charge on any atom is 0.241 e. The van der Waals surface area contributed by atoms with Crippen molar-refractivity contribution in [2.24, 2.45) is 10.7 Å². The van der Waals surface area contributed by atoms with Crippen molar-refractivity contribution < 1.29 is 4.39 Å². The maximum absolute atomic E-state index is 14.7. The lowest BCUT2D eigenvalue weighted by Crippen LogP contribution is -2.41. The molecule has 1 unspecified atom stereocenters. The Labute approximate surface area is 161 Å². The van der Waals surface area contributed by atoms with Crippen LogP contribution in [-0.4, -0.2) is 22.3 Å². The van der Waals surface area contributed by atoms with Gasteiger partial charge in [-0.3, -0.25) is 15.4 Å². The molecule has 0 amide bonds. The molecule has 0 radical (unpaired) electrons. The van der Waals surface area contributed by atoms with Crippen LogP contribution in [0.1, 0.15) is 11.1 Å². The second-order valence-electron chi connectivity index (χ2n) is 6.13. The zero-order chi connectivity index (χ0) is 18.8. The Kier molecular flexibility index (Phi) is 4.75. The van der Waals surface area contributed by atoms with Crippen molar-refractivity contribution in [3.05, 3.63) is 89.0 Å². The molecular formula is C20H17ClFN5. The number of benzene rings is 2. The first-order chi connectivity index (χ1) is 13.1. The van der Waals surface area contributed by atoms with E-state index in [1.807, 2.05) is 42.5 Å². The lowest BCUT2D eigenvalue weighted by molar-refractivity contribution is 0.538. The fraction of sp³-hybridized carbons (Fsp3) is 0.100. The number of nitrogens with zero attached hydrogens (tertiary/aromatic N) is 4. The summed E-state index contributed by atoms with van der Waals surface area (Å²) in [5.74, 6) is -0.557. The third-order valence-electron chi connectivity index (χ3n) is 4.28. The maximum atomic E-state index is 14.7. The minimum absolute atomic E-state index is 0.363. The van der Waals surface area contributed by atoms with E-state index in [4.69, 9.17) is 17.3 Å². The highest BCUT2D eigenvalue weighted by Gasteiger charge is 2.26. The third kappa shape index (κ3) is 3.63. The predicted molar refractivity (Wildman–Crippen MR) is 106 cm³/mol. The molecule has 1 aliphatic heterocycles. The van der Waals surface area contributed by atoms with Crippen molar-refractivity contribution in [1.29, 1.82) is 0 Å². The summed E-state index contributed by atoms with van der Waals surface area (Å²) < 4.78 is 16.3. The van der Waals surface area contributed by atoms with E-state index in [1.165, 1.54) is 0 Å². The average molecular weight is 382 g/mol. The van der Waals surface area contributed by atoms with Crippen LogP contribution < -0.4 is 10.6 Å². The van der Waals surface area contributed by atoms with E-state index < -0.39 is 12.2 Å². The molecule has 27 heavy (non-hydrogen) atoms. The molecule has 0 fully saturated rings. The third-order valence-corrected chi connectivity index (χ3v) is 4.53. The van der Waals surface area contributed by atoms with E-state index in [1.54, 1.807) is 40.2 Å². The Morgan fingerprint density at radius 1 is 1.07 bits per heavy atom. The molecule has 1 atom stereocenters. The topological polar surface area (TPSA) is 59.4 Å². The van der Waals surface area contributed by atoms with Crippen molar-refractivity contribution in [2.75, 3.05) is 4.90 Å².